The molecule has 134 valence electrons. The summed E-state index contributed by atoms with van der Waals surface area (Å²) in [5, 5.41) is 3.60. The largest absolute Gasteiger partial charge is 0.365 e. The Morgan fingerprint density at radius 3 is 1.92 bits per heavy atom. The minimum Gasteiger partial charge on any atom is -0.365 e. The maximum Gasteiger partial charge on any atom is 0.122 e. The fourth-order valence-electron chi connectivity index (χ4n) is 4.16. The van der Waals surface area contributed by atoms with Gasteiger partial charge in [0.1, 0.15) is 5.60 Å². The molecule has 2 unspecified atom stereocenters. The highest BCUT2D eigenvalue weighted by Gasteiger charge is 2.44. The van der Waals surface area contributed by atoms with Crippen LogP contribution in [0.2, 0.25) is 0 Å². The second-order valence-corrected chi connectivity index (χ2v) is 7.26. The molecular weight excluding hydrogens is 306 g/mol. The fraction of sp³-hybridized carbons (Fsp3) is 0.478. The van der Waals surface area contributed by atoms with Gasteiger partial charge in [-0.1, -0.05) is 80.4 Å². The molecule has 0 bridgehead atoms. The second kappa shape index (κ2) is 8.16. The summed E-state index contributed by atoms with van der Waals surface area (Å²) in [7, 11) is 2.09. The molecule has 0 radical (unpaired) electrons. The summed E-state index contributed by atoms with van der Waals surface area (Å²) in [6, 6.07) is 21.9. The van der Waals surface area contributed by atoms with Gasteiger partial charge in [-0.3, -0.25) is 0 Å². The van der Waals surface area contributed by atoms with E-state index < -0.39 is 5.60 Å². The highest BCUT2D eigenvalue weighted by Crippen LogP contribution is 2.45. The number of benzene rings is 2. The molecule has 0 spiro atoms. The molecule has 2 aromatic carbocycles. The SMILES string of the molecule is CCOC(c1ccccc1)(c1ccccc1)C(C)C(CC1CC1)NC. The van der Waals surface area contributed by atoms with Crippen molar-refractivity contribution in [2.45, 2.75) is 44.8 Å². The van der Waals surface area contributed by atoms with Gasteiger partial charge in [-0.25, -0.2) is 0 Å². The topological polar surface area (TPSA) is 21.3 Å². The quantitative estimate of drug-likeness (QED) is 0.696. The third kappa shape index (κ3) is 3.80. The summed E-state index contributed by atoms with van der Waals surface area (Å²) >= 11 is 0. The van der Waals surface area contributed by atoms with Crippen molar-refractivity contribution in [1.82, 2.24) is 5.32 Å². The molecule has 2 heteroatoms. The van der Waals surface area contributed by atoms with Crippen LogP contribution >= 0.6 is 0 Å². The summed E-state index contributed by atoms with van der Waals surface area (Å²) in [5.74, 6) is 1.20. The Balaban J connectivity index is 2.08. The Kier molecular flexibility index (Phi) is 5.93. The molecule has 1 N–H and O–H groups in total. The third-order valence-corrected chi connectivity index (χ3v) is 5.68. The Morgan fingerprint density at radius 2 is 1.52 bits per heavy atom. The molecule has 3 rings (SSSR count). The van der Waals surface area contributed by atoms with Gasteiger partial charge in [0.2, 0.25) is 0 Å². The van der Waals surface area contributed by atoms with Gasteiger partial charge in [-0.05, 0) is 37.4 Å². The molecule has 0 saturated heterocycles. The Labute approximate surface area is 152 Å². The van der Waals surface area contributed by atoms with E-state index in [1.165, 1.54) is 30.4 Å². The van der Waals surface area contributed by atoms with Gasteiger partial charge in [0.25, 0.3) is 0 Å². The Bertz CT molecular complexity index is 596. The van der Waals surface area contributed by atoms with Crippen molar-refractivity contribution >= 4 is 0 Å². The molecule has 1 fully saturated rings. The average molecular weight is 338 g/mol. The van der Waals surface area contributed by atoms with E-state index in [-0.39, 0.29) is 0 Å². The normalized spacial score (nSPS) is 17.2. The van der Waals surface area contributed by atoms with Gasteiger partial charge in [0.15, 0.2) is 0 Å². The molecule has 1 aliphatic carbocycles. The van der Waals surface area contributed by atoms with Gasteiger partial charge in [-0.15, -0.1) is 0 Å². The van der Waals surface area contributed by atoms with Crippen LogP contribution in [-0.2, 0) is 10.3 Å². The van der Waals surface area contributed by atoms with E-state index in [1.807, 2.05) is 0 Å². The predicted molar refractivity (Wildman–Crippen MR) is 105 cm³/mol. The van der Waals surface area contributed by atoms with Crippen molar-refractivity contribution in [3.63, 3.8) is 0 Å². The van der Waals surface area contributed by atoms with Crippen LogP contribution in [0.1, 0.15) is 44.2 Å². The van der Waals surface area contributed by atoms with Gasteiger partial charge >= 0.3 is 0 Å². The third-order valence-electron chi connectivity index (χ3n) is 5.68. The summed E-state index contributed by atoms with van der Waals surface area (Å²) in [4.78, 5) is 0. The molecule has 0 aliphatic heterocycles. The van der Waals surface area contributed by atoms with Crippen LogP contribution in [-0.4, -0.2) is 19.7 Å². The summed E-state index contributed by atoms with van der Waals surface area (Å²) < 4.78 is 6.61. The molecule has 1 saturated carbocycles. The first-order valence-electron chi connectivity index (χ1n) is 9.64. The number of nitrogens with one attached hydrogen (secondary N) is 1. The lowest BCUT2D eigenvalue weighted by molar-refractivity contribution is -0.0624. The molecule has 2 aromatic rings. The summed E-state index contributed by atoms with van der Waals surface area (Å²) in [6.07, 6.45) is 3.98. The van der Waals surface area contributed by atoms with E-state index in [0.717, 1.165) is 5.92 Å². The van der Waals surface area contributed by atoms with Crippen molar-refractivity contribution in [2.24, 2.45) is 11.8 Å². The van der Waals surface area contributed by atoms with Crippen LogP contribution in [0, 0.1) is 11.8 Å². The van der Waals surface area contributed by atoms with Crippen molar-refractivity contribution in [2.75, 3.05) is 13.7 Å². The van der Waals surface area contributed by atoms with Crippen LogP contribution in [0.3, 0.4) is 0 Å². The first-order valence-corrected chi connectivity index (χ1v) is 9.64. The van der Waals surface area contributed by atoms with Crippen LogP contribution in [0.15, 0.2) is 60.7 Å². The number of hydrogen-bond acceptors (Lipinski definition) is 2. The zero-order valence-corrected chi connectivity index (χ0v) is 15.7. The van der Waals surface area contributed by atoms with E-state index in [0.29, 0.717) is 18.6 Å². The van der Waals surface area contributed by atoms with Crippen LogP contribution in [0.25, 0.3) is 0 Å². The van der Waals surface area contributed by atoms with E-state index >= 15 is 0 Å². The Morgan fingerprint density at radius 1 is 1.00 bits per heavy atom. The van der Waals surface area contributed by atoms with Gasteiger partial charge in [-0.2, -0.15) is 0 Å². The van der Waals surface area contributed by atoms with Gasteiger partial charge < -0.3 is 10.1 Å². The van der Waals surface area contributed by atoms with Crippen molar-refractivity contribution in [3.05, 3.63) is 71.8 Å². The molecule has 0 aromatic heterocycles. The lowest BCUT2D eigenvalue weighted by Crippen LogP contribution is -2.48. The minimum absolute atomic E-state index is 0.322. The van der Waals surface area contributed by atoms with E-state index in [1.54, 1.807) is 0 Å². The molecule has 0 amide bonds. The molecule has 1 aliphatic rings. The summed E-state index contributed by atoms with van der Waals surface area (Å²) in [5.41, 5.74) is 2.05. The van der Waals surface area contributed by atoms with Crippen LogP contribution < -0.4 is 5.32 Å². The number of hydrogen-bond donors (Lipinski definition) is 1. The smallest absolute Gasteiger partial charge is 0.122 e. The second-order valence-electron chi connectivity index (χ2n) is 7.26. The first kappa shape index (κ1) is 18.2. The highest BCUT2D eigenvalue weighted by molar-refractivity contribution is 5.38. The van der Waals surface area contributed by atoms with Crippen LogP contribution in [0.4, 0.5) is 0 Å². The van der Waals surface area contributed by atoms with Gasteiger partial charge in [0.05, 0.1) is 0 Å². The maximum absolute atomic E-state index is 6.61. The average Bonchev–Trinajstić information content (AvgIpc) is 3.49. The summed E-state index contributed by atoms with van der Waals surface area (Å²) in [6.45, 7) is 5.13. The lowest BCUT2D eigenvalue weighted by atomic mass is 9.72. The predicted octanol–water partition coefficient (Wildman–Crippen LogP) is 4.99. The fourth-order valence-corrected chi connectivity index (χ4v) is 4.16. The van der Waals surface area contributed by atoms with Crippen molar-refractivity contribution < 1.29 is 4.74 Å². The number of ether oxygens (including phenoxy) is 1. The minimum atomic E-state index is -0.431. The van der Waals surface area contributed by atoms with Crippen molar-refractivity contribution in [3.8, 4) is 0 Å². The maximum atomic E-state index is 6.61. The monoisotopic (exact) mass is 337 g/mol. The van der Waals surface area contributed by atoms with E-state index in [9.17, 15) is 0 Å². The molecule has 25 heavy (non-hydrogen) atoms. The Hall–Kier alpha value is -1.64. The zero-order valence-electron chi connectivity index (χ0n) is 15.7. The van der Waals surface area contributed by atoms with Crippen LogP contribution in [0.5, 0.6) is 0 Å². The molecule has 2 atom stereocenters. The molecule has 0 heterocycles. The lowest BCUT2D eigenvalue weighted by Gasteiger charge is -2.43. The van der Waals surface area contributed by atoms with Gasteiger partial charge in [0, 0.05) is 18.6 Å². The highest BCUT2D eigenvalue weighted by atomic mass is 16.5. The number of rotatable bonds is 9. The first-order chi connectivity index (χ1) is 12.2. The standard InChI is InChI=1S/C23H31NO/c1-4-25-23(20-11-7-5-8-12-20,21-13-9-6-10-14-21)18(2)22(24-3)17-19-15-16-19/h5-14,18-19,22,24H,4,15-17H2,1-3H3. The molecular formula is C23H31NO. The van der Waals surface area contributed by atoms with E-state index in [4.69, 9.17) is 4.74 Å². The molecule has 2 nitrogen and oxygen atoms in total. The zero-order chi connectivity index (χ0) is 17.7. The van der Waals surface area contributed by atoms with Crippen molar-refractivity contribution in [1.29, 1.82) is 0 Å². The van der Waals surface area contributed by atoms with E-state index in [2.05, 4.69) is 86.9 Å².